The largest absolute Gasteiger partial charge is 0.347 e. The number of fused-ring (bicyclic) bond motifs is 1. The van der Waals surface area contributed by atoms with Crippen molar-refractivity contribution in [2.24, 2.45) is 0 Å². The van der Waals surface area contributed by atoms with Gasteiger partial charge >= 0.3 is 0 Å². The number of nitrogens with zero attached hydrogens (tertiary/aromatic N) is 3. The van der Waals surface area contributed by atoms with E-state index in [9.17, 15) is 9.59 Å². The smallest absolute Gasteiger partial charge is 0.258 e. The van der Waals surface area contributed by atoms with Gasteiger partial charge in [0.15, 0.2) is 0 Å². The van der Waals surface area contributed by atoms with E-state index >= 15 is 0 Å². The van der Waals surface area contributed by atoms with Gasteiger partial charge in [0.2, 0.25) is 5.91 Å². The fourth-order valence-corrected chi connectivity index (χ4v) is 3.54. The molecule has 0 bridgehead atoms. The Balaban J connectivity index is 2.35. The lowest BCUT2D eigenvalue weighted by Gasteiger charge is -2.25. The van der Waals surface area contributed by atoms with Gasteiger partial charge < -0.3 is 9.88 Å². The summed E-state index contributed by atoms with van der Waals surface area (Å²) in [5.41, 5.74) is 0.402. The van der Waals surface area contributed by atoms with Gasteiger partial charge in [-0.2, -0.15) is 0 Å². The molecule has 6 nitrogen and oxygen atoms in total. The van der Waals surface area contributed by atoms with E-state index < -0.39 is 0 Å². The van der Waals surface area contributed by atoms with Crippen LogP contribution in [0.25, 0.3) is 10.9 Å². The minimum absolute atomic E-state index is 0.000692. The van der Waals surface area contributed by atoms with Crippen LogP contribution in [0.1, 0.15) is 12.7 Å². The van der Waals surface area contributed by atoms with Gasteiger partial charge in [-0.3, -0.25) is 14.5 Å². The Morgan fingerprint density at radius 2 is 1.96 bits per heavy atom. The number of H-pyrrole nitrogens is 1. The Kier molecular flexibility index (Phi) is 5.59. The summed E-state index contributed by atoms with van der Waals surface area (Å²) in [4.78, 5) is 35.0. The molecule has 8 heteroatoms. The Bertz CT molecular complexity index is 804. The lowest BCUT2D eigenvalue weighted by Crippen LogP contribution is -2.42. The highest BCUT2D eigenvalue weighted by atomic mass is 79.9. The highest BCUT2D eigenvalue weighted by Gasteiger charge is 2.20. The van der Waals surface area contributed by atoms with E-state index in [1.807, 2.05) is 24.9 Å². The first-order valence-corrected chi connectivity index (χ1v) is 8.58. The van der Waals surface area contributed by atoms with Gasteiger partial charge in [0.05, 0.1) is 23.5 Å². The van der Waals surface area contributed by atoms with Gasteiger partial charge in [-0.25, -0.2) is 4.98 Å². The van der Waals surface area contributed by atoms with Crippen LogP contribution in [0.3, 0.4) is 0 Å². The van der Waals surface area contributed by atoms with Crippen molar-refractivity contribution < 1.29 is 4.79 Å². The number of aromatic amines is 1. The number of rotatable bonds is 4. The van der Waals surface area contributed by atoms with E-state index in [1.165, 1.54) is 0 Å². The Hall–Kier alpha value is -1.25. The third-order valence-corrected chi connectivity index (χ3v) is 4.70. The van der Waals surface area contributed by atoms with Crippen molar-refractivity contribution >= 4 is 48.7 Å². The van der Waals surface area contributed by atoms with Crippen LogP contribution in [-0.4, -0.2) is 52.9 Å². The zero-order valence-corrected chi connectivity index (χ0v) is 16.5. The average molecular weight is 446 g/mol. The van der Waals surface area contributed by atoms with Crippen LogP contribution >= 0.6 is 31.9 Å². The average Bonchev–Trinajstić information content (AvgIpc) is 2.46. The Morgan fingerprint density at radius 3 is 2.57 bits per heavy atom. The van der Waals surface area contributed by atoms with Crippen LogP contribution in [0.5, 0.6) is 0 Å². The molecule has 2 rings (SSSR count). The fraction of sp³-hybridized carbons (Fsp3) is 0.400. The molecule has 2 aromatic rings. The summed E-state index contributed by atoms with van der Waals surface area (Å²) in [6, 6.07) is 3.28. The zero-order valence-electron chi connectivity index (χ0n) is 13.4. The number of carbonyl (C=O) groups is 1. The minimum Gasteiger partial charge on any atom is -0.347 e. The topological polar surface area (TPSA) is 69.3 Å². The molecule has 0 fully saturated rings. The summed E-state index contributed by atoms with van der Waals surface area (Å²) in [6.45, 7) is 2.20. The molecule has 0 saturated heterocycles. The number of carbonyl (C=O) groups excluding carboxylic acids is 1. The molecule has 1 atom stereocenters. The summed E-state index contributed by atoms with van der Waals surface area (Å²) in [5, 5.41) is 0.509. The molecule has 23 heavy (non-hydrogen) atoms. The molecule has 1 aromatic heterocycles. The van der Waals surface area contributed by atoms with Gasteiger partial charge in [0, 0.05) is 23.0 Å². The molecular weight excluding hydrogens is 428 g/mol. The minimum atomic E-state index is -0.306. The van der Waals surface area contributed by atoms with Gasteiger partial charge in [-0.05, 0) is 42.0 Å². The molecule has 0 unspecified atom stereocenters. The maximum atomic E-state index is 12.3. The first-order valence-electron chi connectivity index (χ1n) is 7.00. The normalized spacial score (nSPS) is 12.7. The van der Waals surface area contributed by atoms with Crippen molar-refractivity contribution in [2.45, 2.75) is 19.5 Å². The standard InChI is InChI=1S/C15H18Br2N4O2/c1-8(15(23)20(2)3)21(4)7-12-18-13-10(14(22)19-12)5-9(16)6-11(13)17/h5-6,8H,7H2,1-4H3,(H,18,19,22)/t8-/m0/s1. The maximum Gasteiger partial charge on any atom is 0.258 e. The van der Waals surface area contributed by atoms with E-state index in [2.05, 4.69) is 41.8 Å². The molecule has 0 aliphatic heterocycles. The van der Waals surface area contributed by atoms with E-state index in [-0.39, 0.29) is 17.5 Å². The molecule has 0 spiro atoms. The lowest BCUT2D eigenvalue weighted by molar-refractivity contribution is -0.133. The highest BCUT2D eigenvalue weighted by Crippen LogP contribution is 2.25. The predicted molar refractivity (Wildman–Crippen MR) is 97.4 cm³/mol. The second-order valence-corrected chi connectivity index (χ2v) is 7.39. The van der Waals surface area contributed by atoms with Gasteiger partial charge in [0.25, 0.3) is 5.56 Å². The molecule has 1 aromatic carbocycles. The second-order valence-electron chi connectivity index (χ2n) is 5.62. The van der Waals surface area contributed by atoms with Crippen LogP contribution in [-0.2, 0) is 11.3 Å². The molecule has 0 aliphatic carbocycles. The first kappa shape index (κ1) is 18.1. The van der Waals surface area contributed by atoms with E-state index in [0.29, 0.717) is 23.3 Å². The predicted octanol–water partition coefficient (Wildman–Crippen LogP) is 2.36. The third kappa shape index (κ3) is 3.99. The number of hydrogen-bond donors (Lipinski definition) is 1. The monoisotopic (exact) mass is 444 g/mol. The molecule has 0 saturated carbocycles. The van der Waals surface area contributed by atoms with Crippen molar-refractivity contribution in [1.82, 2.24) is 19.8 Å². The van der Waals surface area contributed by atoms with E-state index in [1.54, 1.807) is 25.1 Å². The summed E-state index contributed by atoms with van der Waals surface area (Å²) in [5.74, 6) is 0.521. The van der Waals surface area contributed by atoms with Crippen molar-refractivity contribution in [1.29, 1.82) is 0 Å². The van der Waals surface area contributed by atoms with Gasteiger partial charge in [0.1, 0.15) is 5.82 Å². The summed E-state index contributed by atoms with van der Waals surface area (Å²) >= 11 is 6.80. The molecule has 1 heterocycles. The molecular formula is C15H18Br2N4O2. The number of nitrogens with one attached hydrogen (secondary N) is 1. The maximum absolute atomic E-state index is 12.3. The fourth-order valence-electron chi connectivity index (χ4n) is 2.22. The van der Waals surface area contributed by atoms with Crippen molar-refractivity contribution in [2.75, 3.05) is 21.1 Å². The number of benzene rings is 1. The summed E-state index contributed by atoms with van der Waals surface area (Å²) in [6.07, 6.45) is 0. The molecule has 1 amide bonds. The van der Waals surface area contributed by atoms with Crippen LogP contribution in [0.2, 0.25) is 0 Å². The quantitative estimate of drug-likeness (QED) is 0.784. The van der Waals surface area contributed by atoms with E-state index in [4.69, 9.17) is 0 Å². The number of likely N-dealkylation sites (N-methyl/N-ethyl adjacent to an activating group) is 2. The Labute approximate surface area is 151 Å². The van der Waals surface area contributed by atoms with Gasteiger partial charge in [-0.15, -0.1) is 0 Å². The number of aromatic nitrogens is 2. The summed E-state index contributed by atoms with van der Waals surface area (Å²) < 4.78 is 1.55. The van der Waals surface area contributed by atoms with Gasteiger partial charge in [-0.1, -0.05) is 15.9 Å². The van der Waals surface area contributed by atoms with Crippen LogP contribution < -0.4 is 5.56 Å². The van der Waals surface area contributed by atoms with Crippen LogP contribution in [0.15, 0.2) is 25.9 Å². The van der Waals surface area contributed by atoms with Crippen molar-refractivity contribution in [3.63, 3.8) is 0 Å². The molecule has 0 radical (unpaired) electrons. The number of amides is 1. The number of halogens is 2. The van der Waals surface area contributed by atoms with Crippen LogP contribution in [0.4, 0.5) is 0 Å². The molecule has 0 aliphatic rings. The molecule has 124 valence electrons. The van der Waals surface area contributed by atoms with Crippen LogP contribution in [0, 0.1) is 0 Å². The SMILES string of the molecule is C[C@@H](C(=O)N(C)C)N(C)Cc1nc2c(Br)cc(Br)cc2c(=O)[nH]1. The first-order chi connectivity index (χ1) is 10.7. The lowest BCUT2D eigenvalue weighted by atomic mass is 10.2. The number of hydrogen-bond acceptors (Lipinski definition) is 4. The zero-order chi connectivity index (χ0) is 17.3. The highest BCUT2D eigenvalue weighted by molar-refractivity contribution is 9.11. The van der Waals surface area contributed by atoms with Crippen molar-refractivity contribution in [3.8, 4) is 0 Å². The second kappa shape index (κ2) is 7.11. The third-order valence-electron chi connectivity index (χ3n) is 3.64. The van der Waals surface area contributed by atoms with Crippen molar-refractivity contribution in [3.05, 3.63) is 37.3 Å². The molecule has 1 N–H and O–H groups in total. The summed E-state index contributed by atoms with van der Waals surface area (Å²) in [7, 11) is 5.27. The Morgan fingerprint density at radius 1 is 1.30 bits per heavy atom. The van der Waals surface area contributed by atoms with E-state index in [0.717, 1.165) is 8.95 Å².